The van der Waals surface area contributed by atoms with Crippen LogP contribution in [-0.4, -0.2) is 48.9 Å². The molecule has 1 N–H and O–H groups in total. The van der Waals surface area contributed by atoms with Gasteiger partial charge >= 0.3 is 5.97 Å². The molecule has 1 amide bonds. The van der Waals surface area contributed by atoms with E-state index in [4.69, 9.17) is 14.2 Å². The zero-order valence-electron chi connectivity index (χ0n) is 14.8. The number of amides is 1. The molecule has 2 aliphatic heterocycles. The summed E-state index contributed by atoms with van der Waals surface area (Å²) in [6, 6.07) is 11.5. The first-order valence-electron chi connectivity index (χ1n) is 8.63. The minimum Gasteiger partial charge on any atom is -0.481 e. The second-order valence-corrected chi connectivity index (χ2v) is 6.45. The molecule has 27 heavy (non-hydrogen) atoms. The van der Waals surface area contributed by atoms with Crippen LogP contribution in [-0.2, 0) is 9.53 Å². The maximum atomic E-state index is 13.1. The molecule has 0 saturated carbocycles. The fourth-order valence-corrected chi connectivity index (χ4v) is 3.76. The Labute approximate surface area is 156 Å². The first-order chi connectivity index (χ1) is 13.1. The molecule has 4 rings (SSSR count). The predicted molar refractivity (Wildman–Crippen MR) is 95.0 cm³/mol. The van der Waals surface area contributed by atoms with Crippen molar-refractivity contribution in [1.82, 2.24) is 4.90 Å². The normalized spacial score (nSPS) is 20.5. The summed E-state index contributed by atoms with van der Waals surface area (Å²) < 4.78 is 15.9. The van der Waals surface area contributed by atoms with Crippen molar-refractivity contribution in [2.24, 2.45) is 0 Å². The lowest BCUT2D eigenvalue weighted by molar-refractivity contribution is -0.140. The highest BCUT2D eigenvalue weighted by Gasteiger charge is 2.44. The Morgan fingerprint density at radius 2 is 2.00 bits per heavy atom. The molecule has 0 saturated heterocycles. The van der Waals surface area contributed by atoms with E-state index in [0.29, 0.717) is 34.8 Å². The number of carbonyl (C=O) groups is 2. The average molecular weight is 369 g/mol. The molecular weight excluding hydrogens is 350 g/mol. The van der Waals surface area contributed by atoms with Crippen molar-refractivity contribution in [1.29, 1.82) is 0 Å². The van der Waals surface area contributed by atoms with Gasteiger partial charge in [0.1, 0.15) is 5.92 Å². The van der Waals surface area contributed by atoms with Crippen LogP contribution in [0.4, 0.5) is 0 Å². The first-order valence-corrected chi connectivity index (χ1v) is 8.63. The minimum atomic E-state index is -0.986. The molecule has 0 bridgehead atoms. The van der Waals surface area contributed by atoms with Crippen molar-refractivity contribution >= 4 is 11.9 Å². The zero-order valence-corrected chi connectivity index (χ0v) is 14.8. The van der Waals surface area contributed by atoms with E-state index in [1.165, 1.54) is 0 Å². The smallest absolute Gasteiger partial charge is 0.313 e. The van der Waals surface area contributed by atoms with Crippen molar-refractivity contribution in [3.63, 3.8) is 0 Å². The highest BCUT2D eigenvalue weighted by molar-refractivity contribution is 6.00. The maximum absolute atomic E-state index is 13.1. The lowest BCUT2D eigenvalue weighted by Gasteiger charge is -2.40. The molecule has 140 valence electrons. The molecule has 7 nitrogen and oxygen atoms in total. The summed E-state index contributed by atoms with van der Waals surface area (Å²) in [7, 11) is 1.55. The molecule has 2 atom stereocenters. The number of carboxylic acid groups (broad SMARTS) is 1. The lowest BCUT2D eigenvalue weighted by atomic mass is 9.79. The second-order valence-electron chi connectivity index (χ2n) is 6.45. The molecule has 0 spiro atoms. The van der Waals surface area contributed by atoms with E-state index in [9.17, 15) is 14.7 Å². The van der Waals surface area contributed by atoms with E-state index in [2.05, 4.69) is 0 Å². The minimum absolute atomic E-state index is 0.126. The fraction of sp³-hybridized carbons (Fsp3) is 0.300. The Bertz CT molecular complexity index is 896. The third-order valence-corrected chi connectivity index (χ3v) is 4.98. The Morgan fingerprint density at radius 3 is 2.78 bits per heavy atom. The molecule has 0 radical (unpaired) electrons. The second kappa shape index (κ2) is 6.92. The molecule has 2 aliphatic rings. The van der Waals surface area contributed by atoms with Crippen molar-refractivity contribution in [3.05, 3.63) is 59.2 Å². The third-order valence-electron chi connectivity index (χ3n) is 4.98. The number of aliphatic carboxylic acids is 1. The number of carbonyl (C=O) groups excluding carboxylic acids is 1. The van der Waals surface area contributed by atoms with Crippen molar-refractivity contribution in [3.8, 4) is 11.5 Å². The van der Waals surface area contributed by atoms with Crippen LogP contribution in [0.1, 0.15) is 33.4 Å². The Morgan fingerprint density at radius 1 is 1.22 bits per heavy atom. The van der Waals surface area contributed by atoms with Gasteiger partial charge in [0.15, 0.2) is 11.5 Å². The fourth-order valence-electron chi connectivity index (χ4n) is 3.76. The van der Waals surface area contributed by atoms with E-state index in [1.54, 1.807) is 54.5 Å². The number of hydrogen-bond acceptors (Lipinski definition) is 5. The highest BCUT2D eigenvalue weighted by atomic mass is 16.7. The van der Waals surface area contributed by atoms with Gasteiger partial charge in [0.2, 0.25) is 6.79 Å². The number of carboxylic acids is 1. The topological polar surface area (TPSA) is 85.3 Å². The largest absolute Gasteiger partial charge is 0.481 e. The number of fused-ring (bicyclic) bond motifs is 2. The summed E-state index contributed by atoms with van der Waals surface area (Å²) in [6.45, 7) is 0.717. The summed E-state index contributed by atoms with van der Waals surface area (Å²) in [4.78, 5) is 26.9. The maximum Gasteiger partial charge on any atom is 0.313 e. The lowest BCUT2D eigenvalue weighted by Crippen LogP contribution is -2.46. The Kier molecular flexibility index (Phi) is 4.45. The number of benzene rings is 2. The molecule has 0 aromatic heterocycles. The first kappa shape index (κ1) is 17.4. The molecule has 0 unspecified atom stereocenters. The highest BCUT2D eigenvalue weighted by Crippen LogP contribution is 2.45. The number of methoxy groups -OCH3 is 1. The van der Waals surface area contributed by atoms with Crippen LogP contribution < -0.4 is 9.47 Å². The van der Waals surface area contributed by atoms with Gasteiger partial charge in [-0.1, -0.05) is 24.3 Å². The van der Waals surface area contributed by atoms with E-state index < -0.39 is 17.9 Å². The summed E-state index contributed by atoms with van der Waals surface area (Å²) in [6.07, 6.45) is 0. The van der Waals surface area contributed by atoms with Crippen LogP contribution in [0.5, 0.6) is 11.5 Å². The quantitative estimate of drug-likeness (QED) is 0.871. The standard InChI is InChI=1S/C20H19NO6/c1-25-9-8-21-18(12-6-7-15-16(10-12)27-11-26-15)17(20(23)24)13-4-2-3-5-14(13)19(21)22/h2-7,10,17-18H,8-9,11H2,1H3,(H,23,24)/t17-,18+/m0/s1. The molecule has 0 fully saturated rings. The SMILES string of the molecule is COCCN1C(=O)c2ccccc2[C@H](C(=O)O)[C@H]1c1ccc2c(c1)OCO2. The van der Waals surface area contributed by atoms with Gasteiger partial charge in [0.25, 0.3) is 5.91 Å². The van der Waals surface area contributed by atoms with Crippen LogP contribution in [0.2, 0.25) is 0 Å². The van der Waals surface area contributed by atoms with Crippen LogP contribution in [0.15, 0.2) is 42.5 Å². The van der Waals surface area contributed by atoms with Crippen molar-refractivity contribution < 1.29 is 28.9 Å². The number of hydrogen-bond donors (Lipinski definition) is 1. The molecule has 2 heterocycles. The molecule has 2 aromatic carbocycles. The van der Waals surface area contributed by atoms with Gasteiger partial charge in [-0.3, -0.25) is 9.59 Å². The van der Waals surface area contributed by atoms with Crippen molar-refractivity contribution in [2.45, 2.75) is 12.0 Å². The molecule has 7 heteroatoms. The van der Waals surface area contributed by atoms with Crippen LogP contribution in [0, 0.1) is 0 Å². The predicted octanol–water partition coefficient (Wildman–Crippen LogP) is 2.43. The summed E-state index contributed by atoms with van der Waals surface area (Å²) >= 11 is 0. The van der Waals surface area contributed by atoms with Gasteiger partial charge < -0.3 is 24.2 Å². The van der Waals surface area contributed by atoms with Gasteiger partial charge in [-0.05, 0) is 29.3 Å². The van der Waals surface area contributed by atoms with Crippen molar-refractivity contribution in [2.75, 3.05) is 27.1 Å². The summed E-state index contributed by atoms with van der Waals surface area (Å²) in [5.74, 6) is -0.926. The number of rotatable bonds is 5. The number of ether oxygens (including phenoxy) is 3. The average Bonchev–Trinajstić information content (AvgIpc) is 3.14. The van der Waals surface area contributed by atoms with Gasteiger partial charge in [0, 0.05) is 19.2 Å². The molecule has 0 aliphatic carbocycles. The number of nitrogens with zero attached hydrogens (tertiary/aromatic N) is 1. The molecular formula is C20H19NO6. The van der Waals surface area contributed by atoms with E-state index in [0.717, 1.165) is 0 Å². The van der Waals surface area contributed by atoms with Crippen LogP contribution >= 0.6 is 0 Å². The van der Waals surface area contributed by atoms with Gasteiger partial charge in [0.05, 0.1) is 12.6 Å². The van der Waals surface area contributed by atoms with E-state index >= 15 is 0 Å². The third kappa shape index (κ3) is 2.90. The van der Waals surface area contributed by atoms with Gasteiger partial charge in [-0.25, -0.2) is 0 Å². The van der Waals surface area contributed by atoms with Crippen LogP contribution in [0.25, 0.3) is 0 Å². The van der Waals surface area contributed by atoms with Crippen LogP contribution in [0.3, 0.4) is 0 Å². The summed E-state index contributed by atoms with van der Waals surface area (Å²) in [5.41, 5.74) is 1.62. The zero-order chi connectivity index (χ0) is 19.0. The van der Waals surface area contributed by atoms with E-state index in [1.807, 2.05) is 0 Å². The summed E-state index contributed by atoms with van der Waals surface area (Å²) in [5, 5.41) is 10.0. The van der Waals surface area contributed by atoms with Gasteiger partial charge in [-0.15, -0.1) is 0 Å². The Balaban J connectivity index is 1.86. The van der Waals surface area contributed by atoms with E-state index in [-0.39, 0.29) is 19.2 Å². The molecule has 2 aromatic rings. The van der Waals surface area contributed by atoms with Gasteiger partial charge in [-0.2, -0.15) is 0 Å². The Hall–Kier alpha value is -3.06. The monoisotopic (exact) mass is 369 g/mol.